The van der Waals surface area contributed by atoms with Crippen LogP contribution in [0.2, 0.25) is 0 Å². The monoisotopic (exact) mass is 376 g/mol. The Hall–Kier alpha value is -2.02. The van der Waals surface area contributed by atoms with Crippen molar-refractivity contribution in [2.24, 2.45) is 5.41 Å². The Morgan fingerprint density at radius 3 is 2.58 bits per heavy atom. The molecular formula is C19H25FN4OS. The van der Waals surface area contributed by atoms with Gasteiger partial charge in [-0.1, -0.05) is 32.9 Å². The van der Waals surface area contributed by atoms with E-state index in [1.807, 2.05) is 25.7 Å². The Morgan fingerprint density at radius 1 is 1.27 bits per heavy atom. The molecule has 5 nitrogen and oxygen atoms in total. The standard InChI is InChI=1S/C19H25FN4OS/c1-13-12-23(9-10-24(13)17(25)19(2,3)4)18-21-16(22-26-18)11-14-5-7-15(20)8-6-14/h5-8,13H,9-12H2,1-4H3. The number of aromatic nitrogens is 2. The molecule has 7 heteroatoms. The van der Waals surface area contributed by atoms with Crippen molar-refractivity contribution in [3.8, 4) is 0 Å². The Morgan fingerprint density at radius 2 is 1.96 bits per heavy atom. The molecule has 2 heterocycles. The van der Waals surface area contributed by atoms with Crippen LogP contribution in [0.3, 0.4) is 0 Å². The Balaban J connectivity index is 1.64. The van der Waals surface area contributed by atoms with Crippen LogP contribution in [0, 0.1) is 11.2 Å². The third-order valence-electron chi connectivity index (χ3n) is 4.53. The van der Waals surface area contributed by atoms with Gasteiger partial charge in [0.05, 0.1) is 0 Å². The summed E-state index contributed by atoms with van der Waals surface area (Å²) in [5, 5.41) is 0.886. The van der Waals surface area contributed by atoms with Gasteiger partial charge < -0.3 is 9.80 Å². The van der Waals surface area contributed by atoms with Crippen LogP contribution in [0.5, 0.6) is 0 Å². The molecule has 0 saturated carbocycles. The van der Waals surface area contributed by atoms with Crippen molar-refractivity contribution in [3.63, 3.8) is 0 Å². The van der Waals surface area contributed by atoms with Gasteiger partial charge in [0.15, 0.2) is 0 Å². The molecule has 1 atom stereocenters. The summed E-state index contributed by atoms with van der Waals surface area (Å²) < 4.78 is 17.4. The Bertz CT molecular complexity index is 769. The number of benzene rings is 1. The lowest BCUT2D eigenvalue weighted by Gasteiger charge is -2.42. The van der Waals surface area contributed by atoms with E-state index in [4.69, 9.17) is 0 Å². The number of hydrogen-bond donors (Lipinski definition) is 0. The van der Waals surface area contributed by atoms with Gasteiger partial charge in [0.25, 0.3) is 0 Å². The smallest absolute Gasteiger partial charge is 0.228 e. The first kappa shape index (κ1) is 18.8. The minimum atomic E-state index is -0.360. The Labute approximate surface area is 158 Å². The van der Waals surface area contributed by atoms with Crippen LogP contribution in [0.15, 0.2) is 24.3 Å². The molecule has 1 amide bonds. The molecule has 0 bridgehead atoms. The van der Waals surface area contributed by atoms with Crippen molar-refractivity contribution in [2.45, 2.75) is 40.2 Å². The quantitative estimate of drug-likeness (QED) is 0.824. The number of hydrogen-bond acceptors (Lipinski definition) is 5. The second-order valence-electron chi connectivity index (χ2n) is 7.84. The number of halogens is 1. The highest BCUT2D eigenvalue weighted by Crippen LogP contribution is 2.25. The summed E-state index contributed by atoms with van der Waals surface area (Å²) >= 11 is 1.38. The zero-order valence-corrected chi connectivity index (χ0v) is 16.5. The summed E-state index contributed by atoms with van der Waals surface area (Å²) in [4.78, 5) is 21.4. The maximum atomic E-state index is 13.0. The van der Waals surface area contributed by atoms with Gasteiger partial charge in [-0.2, -0.15) is 4.37 Å². The maximum Gasteiger partial charge on any atom is 0.228 e. The van der Waals surface area contributed by atoms with Gasteiger partial charge in [0, 0.05) is 49.0 Å². The molecule has 1 aromatic heterocycles. The summed E-state index contributed by atoms with van der Waals surface area (Å²) in [5.41, 5.74) is 0.631. The fourth-order valence-electron chi connectivity index (χ4n) is 3.09. The van der Waals surface area contributed by atoms with E-state index in [1.54, 1.807) is 12.1 Å². The molecule has 1 aliphatic heterocycles. The summed E-state index contributed by atoms with van der Waals surface area (Å²) in [7, 11) is 0. The van der Waals surface area contributed by atoms with Crippen LogP contribution >= 0.6 is 11.5 Å². The molecule has 1 aliphatic rings. The van der Waals surface area contributed by atoms with Crippen LogP contribution in [-0.4, -0.2) is 45.8 Å². The minimum Gasteiger partial charge on any atom is -0.343 e. The highest BCUT2D eigenvalue weighted by atomic mass is 32.1. The van der Waals surface area contributed by atoms with Gasteiger partial charge in [-0.15, -0.1) is 0 Å². The van der Waals surface area contributed by atoms with Crippen LogP contribution in [0.1, 0.15) is 39.1 Å². The molecule has 140 valence electrons. The first-order valence-electron chi connectivity index (χ1n) is 8.87. The third-order valence-corrected chi connectivity index (χ3v) is 5.35. The molecule has 2 aromatic rings. The molecule has 1 fully saturated rings. The molecule has 1 saturated heterocycles. The molecular weight excluding hydrogens is 351 g/mol. The average molecular weight is 377 g/mol. The summed E-state index contributed by atoms with van der Waals surface area (Å²) in [5.74, 6) is 0.703. The van der Waals surface area contributed by atoms with Gasteiger partial charge in [-0.3, -0.25) is 4.79 Å². The van der Waals surface area contributed by atoms with Crippen LogP contribution < -0.4 is 4.90 Å². The molecule has 0 N–H and O–H groups in total. The van der Waals surface area contributed by atoms with Crippen LogP contribution in [0.25, 0.3) is 0 Å². The fourth-order valence-corrected chi connectivity index (χ4v) is 3.81. The number of nitrogens with zero attached hydrogens (tertiary/aromatic N) is 4. The van der Waals surface area contributed by atoms with Crippen LogP contribution in [0.4, 0.5) is 9.52 Å². The van der Waals surface area contributed by atoms with E-state index in [1.165, 1.54) is 23.7 Å². The first-order valence-corrected chi connectivity index (χ1v) is 9.64. The number of rotatable bonds is 3. The van der Waals surface area contributed by atoms with Gasteiger partial charge in [-0.05, 0) is 24.6 Å². The van der Waals surface area contributed by atoms with Crippen molar-refractivity contribution >= 4 is 22.6 Å². The maximum absolute atomic E-state index is 13.0. The summed E-state index contributed by atoms with van der Waals surface area (Å²) in [6, 6.07) is 6.56. The van der Waals surface area contributed by atoms with Crippen molar-refractivity contribution in [2.75, 3.05) is 24.5 Å². The lowest BCUT2D eigenvalue weighted by molar-refractivity contribution is -0.142. The molecule has 3 rings (SSSR count). The topological polar surface area (TPSA) is 49.3 Å². The van der Waals surface area contributed by atoms with E-state index in [0.717, 1.165) is 29.6 Å². The molecule has 1 aromatic carbocycles. The summed E-state index contributed by atoms with van der Waals surface area (Å²) in [6.45, 7) is 10.2. The second kappa shape index (κ2) is 7.31. The molecule has 1 unspecified atom stereocenters. The third kappa shape index (κ3) is 4.20. The van der Waals surface area contributed by atoms with Gasteiger partial charge >= 0.3 is 0 Å². The average Bonchev–Trinajstić information content (AvgIpc) is 3.04. The van der Waals surface area contributed by atoms with Crippen molar-refractivity contribution in [1.82, 2.24) is 14.3 Å². The van der Waals surface area contributed by atoms with Gasteiger partial charge in [-0.25, -0.2) is 9.37 Å². The predicted molar refractivity (Wildman–Crippen MR) is 102 cm³/mol. The van der Waals surface area contributed by atoms with E-state index >= 15 is 0 Å². The van der Waals surface area contributed by atoms with E-state index in [9.17, 15) is 9.18 Å². The number of carbonyl (C=O) groups excluding carboxylic acids is 1. The van der Waals surface area contributed by atoms with E-state index in [2.05, 4.69) is 21.2 Å². The number of anilines is 1. The predicted octanol–water partition coefficient (Wildman–Crippen LogP) is 3.35. The zero-order chi connectivity index (χ0) is 18.9. The second-order valence-corrected chi connectivity index (χ2v) is 8.57. The van der Waals surface area contributed by atoms with Crippen molar-refractivity contribution in [1.29, 1.82) is 0 Å². The fraction of sp³-hybridized carbons (Fsp3) is 0.526. The lowest BCUT2D eigenvalue weighted by Crippen LogP contribution is -2.56. The zero-order valence-electron chi connectivity index (χ0n) is 15.7. The molecule has 0 spiro atoms. The van der Waals surface area contributed by atoms with E-state index in [-0.39, 0.29) is 23.2 Å². The lowest BCUT2D eigenvalue weighted by atomic mass is 9.93. The van der Waals surface area contributed by atoms with E-state index in [0.29, 0.717) is 13.0 Å². The highest BCUT2D eigenvalue weighted by Gasteiger charge is 2.34. The van der Waals surface area contributed by atoms with Crippen molar-refractivity contribution in [3.05, 3.63) is 41.5 Å². The van der Waals surface area contributed by atoms with Crippen molar-refractivity contribution < 1.29 is 9.18 Å². The SMILES string of the molecule is CC1CN(c2nc(Cc3ccc(F)cc3)ns2)CCN1C(=O)C(C)(C)C. The van der Waals surface area contributed by atoms with Gasteiger partial charge in [0.1, 0.15) is 11.6 Å². The summed E-state index contributed by atoms with van der Waals surface area (Å²) in [6.07, 6.45) is 0.592. The molecule has 0 aliphatic carbocycles. The van der Waals surface area contributed by atoms with Gasteiger partial charge in [0.2, 0.25) is 11.0 Å². The van der Waals surface area contributed by atoms with E-state index < -0.39 is 0 Å². The number of piperazine rings is 1. The van der Waals surface area contributed by atoms with Crippen LogP contribution in [-0.2, 0) is 11.2 Å². The number of amides is 1. The normalized spacial score (nSPS) is 18.3. The molecule has 26 heavy (non-hydrogen) atoms. The minimum absolute atomic E-state index is 0.139. The number of carbonyl (C=O) groups is 1. The highest BCUT2D eigenvalue weighted by molar-refractivity contribution is 7.09. The largest absolute Gasteiger partial charge is 0.343 e. The molecule has 0 radical (unpaired) electrons. The Kier molecular flexibility index (Phi) is 5.27. The first-order chi connectivity index (χ1) is 12.2.